The summed E-state index contributed by atoms with van der Waals surface area (Å²) in [4.78, 5) is 20.0. The fourth-order valence-corrected chi connectivity index (χ4v) is 0.989. The molecule has 0 aromatic rings. The predicted octanol–water partition coefficient (Wildman–Crippen LogP) is 1.55. The van der Waals surface area contributed by atoms with Gasteiger partial charge in [0.25, 0.3) is 0 Å². The van der Waals surface area contributed by atoms with Crippen LogP contribution in [-0.2, 0) is 19.1 Å². The van der Waals surface area contributed by atoms with E-state index in [2.05, 4.69) is 9.47 Å². The van der Waals surface area contributed by atoms with Crippen molar-refractivity contribution in [1.29, 1.82) is 0 Å². The molecule has 0 radical (unpaired) electrons. The minimum Gasteiger partial charge on any atom is -0.462 e. The summed E-state index contributed by atoms with van der Waals surface area (Å²) in [7, 11) is 0. The van der Waals surface area contributed by atoms with E-state index in [4.69, 9.17) is 0 Å². The summed E-state index contributed by atoms with van der Waals surface area (Å²) in [5, 5.41) is 0. The Kier molecular flexibility index (Phi) is 3.28. The molecule has 2 fully saturated rings. The van der Waals surface area contributed by atoms with Crippen molar-refractivity contribution in [2.24, 2.45) is 0 Å². The molecule has 0 amide bonds. The molecule has 14 heavy (non-hydrogen) atoms. The number of ether oxygens (including phenoxy) is 2. The molecule has 0 bridgehead atoms. The number of carbonyl (C=O) groups is 2. The highest BCUT2D eigenvalue weighted by molar-refractivity contribution is 5.79. The Morgan fingerprint density at radius 2 is 1.79 bits per heavy atom. The summed E-state index contributed by atoms with van der Waals surface area (Å²) in [6.07, 6.45) is 1.31. The molecule has 0 aliphatic carbocycles. The standard InChI is InChI=1S/C6H8O2.C4H6O2/c1-4(2)5-3-6(7)8-5;1-3-2-4(5)6-3/h3H2,1-2H3;3H,2H2,1H3. The smallest absolute Gasteiger partial charge is 0.318 e. The Hall–Kier alpha value is -1.32. The van der Waals surface area contributed by atoms with E-state index in [-0.39, 0.29) is 18.0 Å². The van der Waals surface area contributed by atoms with Gasteiger partial charge >= 0.3 is 11.9 Å². The molecule has 78 valence electrons. The average molecular weight is 198 g/mol. The Balaban J connectivity index is 0.000000146. The van der Waals surface area contributed by atoms with E-state index in [1.54, 1.807) is 0 Å². The number of esters is 2. The van der Waals surface area contributed by atoms with Gasteiger partial charge in [0.15, 0.2) is 0 Å². The van der Waals surface area contributed by atoms with Crippen LogP contribution in [0.15, 0.2) is 11.3 Å². The molecule has 4 nitrogen and oxygen atoms in total. The zero-order valence-electron chi connectivity index (χ0n) is 8.62. The van der Waals surface area contributed by atoms with Crippen LogP contribution in [0.4, 0.5) is 0 Å². The lowest BCUT2D eigenvalue weighted by atomic mass is 10.2. The molecule has 0 spiro atoms. The van der Waals surface area contributed by atoms with Crippen molar-refractivity contribution in [2.45, 2.75) is 39.7 Å². The van der Waals surface area contributed by atoms with Gasteiger partial charge < -0.3 is 9.47 Å². The van der Waals surface area contributed by atoms with Gasteiger partial charge in [0.2, 0.25) is 0 Å². The van der Waals surface area contributed by atoms with Crippen LogP contribution in [0.3, 0.4) is 0 Å². The maximum absolute atomic E-state index is 10.2. The summed E-state index contributed by atoms with van der Waals surface area (Å²) >= 11 is 0. The molecule has 1 unspecified atom stereocenters. The third-order valence-corrected chi connectivity index (χ3v) is 1.89. The summed E-state index contributed by atoms with van der Waals surface area (Å²) in [6, 6.07) is 0. The second kappa shape index (κ2) is 4.26. The predicted molar refractivity (Wildman–Crippen MR) is 49.3 cm³/mol. The maximum atomic E-state index is 10.2. The minimum absolute atomic E-state index is 0.0671. The average Bonchev–Trinajstić information content (AvgIpc) is 1.97. The number of hydrogen-bond acceptors (Lipinski definition) is 4. The first-order valence-electron chi connectivity index (χ1n) is 4.55. The van der Waals surface area contributed by atoms with Crippen molar-refractivity contribution < 1.29 is 19.1 Å². The Morgan fingerprint density at radius 1 is 1.29 bits per heavy atom. The van der Waals surface area contributed by atoms with E-state index in [0.29, 0.717) is 12.8 Å². The molecule has 2 saturated heterocycles. The van der Waals surface area contributed by atoms with Crippen LogP contribution in [0.5, 0.6) is 0 Å². The van der Waals surface area contributed by atoms with Crippen molar-refractivity contribution in [3.8, 4) is 0 Å². The van der Waals surface area contributed by atoms with Crippen molar-refractivity contribution in [3.05, 3.63) is 11.3 Å². The van der Waals surface area contributed by atoms with Crippen LogP contribution in [0, 0.1) is 0 Å². The first-order valence-corrected chi connectivity index (χ1v) is 4.55. The van der Waals surface area contributed by atoms with E-state index in [1.807, 2.05) is 20.8 Å². The van der Waals surface area contributed by atoms with Gasteiger partial charge in [-0.25, -0.2) is 0 Å². The van der Waals surface area contributed by atoms with Crippen LogP contribution < -0.4 is 0 Å². The molecule has 2 aliphatic heterocycles. The highest BCUT2D eigenvalue weighted by Crippen LogP contribution is 2.20. The van der Waals surface area contributed by atoms with Gasteiger partial charge in [-0.2, -0.15) is 0 Å². The molecule has 2 rings (SSSR count). The molecule has 2 aliphatic rings. The van der Waals surface area contributed by atoms with Crippen molar-refractivity contribution in [1.82, 2.24) is 0 Å². The zero-order valence-corrected chi connectivity index (χ0v) is 8.62. The fraction of sp³-hybridized carbons (Fsp3) is 0.600. The van der Waals surface area contributed by atoms with Crippen molar-refractivity contribution in [3.63, 3.8) is 0 Å². The topological polar surface area (TPSA) is 52.6 Å². The monoisotopic (exact) mass is 198 g/mol. The van der Waals surface area contributed by atoms with E-state index in [1.165, 1.54) is 0 Å². The third-order valence-electron chi connectivity index (χ3n) is 1.89. The van der Waals surface area contributed by atoms with E-state index >= 15 is 0 Å². The molecule has 0 aromatic carbocycles. The second-order valence-electron chi connectivity index (χ2n) is 3.58. The minimum atomic E-state index is -0.110. The van der Waals surface area contributed by atoms with E-state index in [0.717, 1.165) is 11.3 Å². The van der Waals surface area contributed by atoms with Crippen LogP contribution in [0.1, 0.15) is 33.6 Å². The second-order valence-corrected chi connectivity index (χ2v) is 3.58. The molecule has 0 saturated carbocycles. The zero-order chi connectivity index (χ0) is 10.7. The lowest BCUT2D eigenvalue weighted by Crippen LogP contribution is -2.29. The Bertz CT molecular complexity index is 268. The van der Waals surface area contributed by atoms with Crippen LogP contribution in [0.2, 0.25) is 0 Å². The molecular weight excluding hydrogens is 184 g/mol. The van der Waals surface area contributed by atoms with Crippen molar-refractivity contribution >= 4 is 11.9 Å². The quantitative estimate of drug-likeness (QED) is 0.554. The fourth-order valence-electron chi connectivity index (χ4n) is 0.989. The number of cyclic esters (lactones) is 2. The maximum Gasteiger partial charge on any atom is 0.318 e. The van der Waals surface area contributed by atoms with Crippen molar-refractivity contribution in [2.75, 3.05) is 0 Å². The van der Waals surface area contributed by atoms with Gasteiger partial charge in [-0.05, 0) is 26.3 Å². The normalized spacial score (nSPS) is 23.4. The molecule has 2 heterocycles. The summed E-state index contributed by atoms with van der Waals surface area (Å²) in [6.45, 7) is 5.74. The Morgan fingerprint density at radius 3 is 1.86 bits per heavy atom. The summed E-state index contributed by atoms with van der Waals surface area (Å²) in [5.74, 6) is 0.665. The third kappa shape index (κ3) is 2.87. The highest BCUT2D eigenvalue weighted by Gasteiger charge is 2.22. The van der Waals surface area contributed by atoms with Gasteiger partial charge in [-0.1, -0.05) is 0 Å². The van der Waals surface area contributed by atoms with Gasteiger partial charge in [0, 0.05) is 0 Å². The molecule has 0 N–H and O–H groups in total. The van der Waals surface area contributed by atoms with Crippen LogP contribution in [-0.4, -0.2) is 18.0 Å². The van der Waals surface area contributed by atoms with Crippen LogP contribution >= 0.6 is 0 Å². The van der Waals surface area contributed by atoms with Gasteiger partial charge in [0.05, 0.1) is 6.42 Å². The molecular formula is C10H14O4. The summed E-state index contributed by atoms with van der Waals surface area (Å²) in [5.41, 5.74) is 1.10. The van der Waals surface area contributed by atoms with E-state index in [9.17, 15) is 9.59 Å². The lowest BCUT2D eigenvalue weighted by Gasteiger charge is -2.20. The van der Waals surface area contributed by atoms with Gasteiger partial charge in [-0.15, -0.1) is 0 Å². The first-order chi connectivity index (χ1) is 6.49. The lowest BCUT2D eigenvalue weighted by molar-refractivity contribution is -0.167. The summed E-state index contributed by atoms with van der Waals surface area (Å²) < 4.78 is 9.14. The van der Waals surface area contributed by atoms with E-state index < -0.39 is 0 Å². The van der Waals surface area contributed by atoms with Gasteiger partial charge in [0.1, 0.15) is 18.3 Å². The highest BCUT2D eigenvalue weighted by atomic mass is 16.6. The van der Waals surface area contributed by atoms with Gasteiger partial charge in [-0.3, -0.25) is 9.59 Å². The van der Waals surface area contributed by atoms with Crippen LogP contribution in [0.25, 0.3) is 0 Å². The number of rotatable bonds is 0. The molecule has 0 aromatic heterocycles. The number of carbonyl (C=O) groups excluding carboxylic acids is 2. The molecule has 4 heteroatoms. The first kappa shape index (κ1) is 10.8. The largest absolute Gasteiger partial charge is 0.462 e. The number of hydrogen-bond donors (Lipinski definition) is 0. The SMILES string of the molecule is CC(C)=C1CC(=O)O1.CC1CC(=O)O1. The Labute approximate surface area is 82.9 Å². The number of allylic oxidation sites excluding steroid dienone is 1. The molecule has 1 atom stereocenters.